The molecule has 0 aromatic carbocycles. The molecule has 2 atom stereocenters. The maximum atomic E-state index is 12.7. The van der Waals surface area contributed by atoms with Crippen LogP contribution in [-0.4, -0.2) is 19.0 Å². The van der Waals surface area contributed by atoms with Gasteiger partial charge in [-0.3, -0.25) is 0 Å². The molecule has 0 aliphatic heterocycles. The van der Waals surface area contributed by atoms with Gasteiger partial charge < -0.3 is 5.32 Å². The van der Waals surface area contributed by atoms with Gasteiger partial charge in [0, 0.05) is 0 Å². The third-order valence-corrected chi connectivity index (χ3v) is 2.95. The fraction of sp³-hybridized carbons (Fsp3) is 1.00. The van der Waals surface area contributed by atoms with Crippen LogP contribution < -0.4 is 5.32 Å². The third kappa shape index (κ3) is 1.76. The van der Waals surface area contributed by atoms with Crippen molar-refractivity contribution in [3.63, 3.8) is 0 Å². The average Bonchev–Trinajstić information content (AvgIpc) is 2.04. The van der Waals surface area contributed by atoms with E-state index in [0.717, 1.165) is 12.8 Å². The summed E-state index contributed by atoms with van der Waals surface area (Å²) in [4.78, 5) is 0. The molecule has 1 nitrogen and oxygen atoms in total. The zero-order chi connectivity index (χ0) is 9.19. The first-order chi connectivity index (χ1) is 5.60. The molecule has 1 aliphatic carbocycles. The largest absolute Gasteiger partial charge is 0.309 e. The Kier molecular flexibility index (Phi) is 3.04. The molecule has 0 aromatic rings. The fourth-order valence-electron chi connectivity index (χ4n) is 2.13. The second kappa shape index (κ2) is 3.69. The molecule has 2 unspecified atom stereocenters. The Morgan fingerprint density at radius 2 is 2.17 bits per heavy atom. The van der Waals surface area contributed by atoms with Crippen LogP contribution in [0.15, 0.2) is 0 Å². The van der Waals surface area contributed by atoms with Gasteiger partial charge in [-0.1, -0.05) is 19.8 Å². The van der Waals surface area contributed by atoms with Crippen LogP contribution in [0.2, 0.25) is 0 Å². The number of hydrogen-bond acceptors (Lipinski definition) is 1. The van der Waals surface area contributed by atoms with E-state index in [0.29, 0.717) is 18.8 Å². The molecule has 0 aromatic heterocycles. The van der Waals surface area contributed by atoms with E-state index in [4.69, 9.17) is 0 Å². The first kappa shape index (κ1) is 9.90. The highest BCUT2D eigenvalue weighted by Gasteiger charge is 2.41. The minimum absolute atomic E-state index is 0.431. The van der Waals surface area contributed by atoms with Crippen molar-refractivity contribution in [1.29, 1.82) is 0 Å². The summed E-state index contributed by atoms with van der Waals surface area (Å²) < 4.78 is 25.4. The van der Waals surface area contributed by atoms with E-state index >= 15 is 0 Å². The van der Waals surface area contributed by atoms with Crippen molar-refractivity contribution >= 4 is 0 Å². The van der Waals surface area contributed by atoms with Crippen molar-refractivity contribution in [2.45, 2.75) is 44.6 Å². The Balaban J connectivity index is 2.64. The topological polar surface area (TPSA) is 12.0 Å². The molecule has 0 heterocycles. The summed E-state index contributed by atoms with van der Waals surface area (Å²) in [6, 6.07) is 0. The van der Waals surface area contributed by atoms with Gasteiger partial charge in [0.15, 0.2) is 0 Å². The number of rotatable bonds is 2. The molecule has 1 aliphatic rings. The van der Waals surface area contributed by atoms with Crippen molar-refractivity contribution < 1.29 is 8.78 Å². The standard InChI is InChI=1S/C9H17F2N/c1-7-4-3-5-9(6-7,12-2)8(10)11/h7-8,12H,3-6H2,1-2H3. The molecule has 72 valence electrons. The maximum Gasteiger partial charge on any atom is 0.256 e. The van der Waals surface area contributed by atoms with Crippen LogP contribution in [0.25, 0.3) is 0 Å². The lowest BCUT2D eigenvalue weighted by Gasteiger charge is -2.39. The molecule has 1 saturated carbocycles. The van der Waals surface area contributed by atoms with Gasteiger partial charge in [0.2, 0.25) is 0 Å². The number of hydrogen-bond donors (Lipinski definition) is 1. The van der Waals surface area contributed by atoms with E-state index in [2.05, 4.69) is 5.32 Å². The third-order valence-electron chi connectivity index (χ3n) is 2.95. The van der Waals surface area contributed by atoms with E-state index < -0.39 is 12.0 Å². The van der Waals surface area contributed by atoms with Gasteiger partial charge in [-0.15, -0.1) is 0 Å². The Hall–Kier alpha value is -0.180. The van der Waals surface area contributed by atoms with E-state index in [-0.39, 0.29) is 0 Å². The van der Waals surface area contributed by atoms with Gasteiger partial charge in [-0.05, 0) is 25.8 Å². The van der Waals surface area contributed by atoms with Gasteiger partial charge in [0.25, 0.3) is 6.43 Å². The zero-order valence-electron chi connectivity index (χ0n) is 7.74. The minimum atomic E-state index is -2.23. The molecule has 0 bridgehead atoms. The molecule has 0 spiro atoms. The van der Waals surface area contributed by atoms with Gasteiger partial charge in [-0.25, -0.2) is 8.78 Å². The fourth-order valence-corrected chi connectivity index (χ4v) is 2.13. The first-order valence-corrected chi connectivity index (χ1v) is 4.58. The molecule has 1 fully saturated rings. The van der Waals surface area contributed by atoms with Crippen LogP contribution in [0.1, 0.15) is 32.6 Å². The van der Waals surface area contributed by atoms with Gasteiger partial charge in [0.1, 0.15) is 0 Å². The summed E-state index contributed by atoms with van der Waals surface area (Å²) in [5, 5.41) is 2.80. The van der Waals surface area contributed by atoms with Crippen molar-refractivity contribution in [2.24, 2.45) is 5.92 Å². The molecule has 0 radical (unpaired) electrons. The summed E-state index contributed by atoms with van der Waals surface area (Å²) in [5.74, 6) is 0.431. The summed E-state index contributed by atoms with van der Waals surface area (Å²) in [5.41, 5.74) is -0.891. The number of halogens is 2. The Labute approximate surface area is 72.5 Å². The zero-order valence-corrected chi connectivity index (χ0v) is 7.74. The molecular formula is C9H17F2N. The molecule has 12 heavy (non-hydrogen) atoms. The monoisotopic (exact) mass is 177 g/mol. The molecule has 0 amide bonds. The smallest absolute Gasteiger partial charge is 0.256 e. The van der Waals surface area contributed by atoms with E-state index in [1.54, 1.807) is 7.05 Å². The van der Waals surface area contributed by atoms with Crippen LogP contribution in [0.3, 0.4) is 0 Å². The predicted molar refractivity (Wildman–Crippen MR) is 45.4 cm³/mol. The molecular weight excluding hydrogens is 160 g/mol. The highest BCUT2D eigenvalue weighted by atomic mass is 19.3. The lowest BCUT2D eigenvalue weighted by molar-refractivity contribution is -0.000196. The summed E-state index contributed by atoms with van der Waals surface area (Å²) in [6.07, 6.45) is 1.01. The normalized spacial score (nSPS) is 37.2. The lowest BCUT2D eigenvalue weighted by Crippen LogP contribution is -2.52. The average molecular weight is 177 g/mol. The number of nitrogens with one attached hydrogen (secondary N) is 1. The van der Waals surface area contributed by atoms with Crippen molar-refractivity contribution in [3.8, 4) is 0 Å². The highest BCUT2D eigenvalue weighted by Crippen LogP contribution is 2.36. The molecule has 1 rings (SSSR count). The van der Waals surface area contributed by atoms with Gasteiger partial charge in [0.05, 0.1) is 5.54 Å². The Morgan fingerprint density at radius 1 is 1.50 bits per heavy atom. The van der Waals surface area contributed by atoms with Crippen LogP contribution in [0.5, 0.6) is 0 Å². The van der Waals surface area contributed by atoms with Crippen LogP contribution in [0, 0.1) is 5.92 Å². The van der Waals surface area contributed by atoms with Gasteiger partial charge in [-0.2, -0.15) is 0 Å². The van der Waals surface area contributed by atoms with Crippen molar-refractivity contribution in [3.05, 3.63) is 0 Å². The molecule has 3 heteroatoms. The molecule has 1 N–H and O–H groups in total. The van der Waals surface area contributed by atoms with Crippen molar-refractivity contribution in [2.75, 3.05) is 7.05 Å². The second-order valence-electron chi connectivity index (χ2n) is 3.91. The van der Waals surface area contributed by atoms with E-state index in [9.17, 15) is 8.78 Å². The Bertz CT molecular complexity index is 149. The maximum absolute atomic E-state index is 12.7. The summed E-state index contributed by atoms with van der Waals surface area (Å²) in [7, 11) is 1.64. The van der Waals surface area contributed by atoms with Gasteiger partial charge >= 0.3 is 0 Å². The van der Waals surface area contributed by atoms with Crippen LogP contribution in [0.4, 0.5) is 8.78 Å². The van der Waals surface area contributed by atoms with Crippen molar-refractivity contribution in [1.82, 2.24) is 5.32 Å². The van der Waals surface area contributed by atoms with E-state index in [1.165, 1.54) is 0 Å². The quantitative estimate of drug-likeness (QED) is 0.683. The summed E-state index contributed by atoms with van der Waals surface area (Å²) in [6.45, 7) is 2.05. The second-order valence-corrected chi connectivity index (χ2v) is 3.91. The highest BCUT2D eigenvalue weighted by molar-refractivity contribution is 4.93. The lowest BCUT2D eigenvalue weighted by atomic mass is 9.77. The van der Waals surface area contributed by atoms with Crippen LogP contribution in [-0.2, 0) is 0 Å². The Morgan fingerprint density at radius 3 is 2.50 bits per heavy atom. The summed E-state index contributed by atoms with van der Waals surface area (Å²) >= 11 is 0. The van der Waals surface area contributed by atoms with E-state index in [1.807, 2.05) is 6.92 Å². The SMILES string of the molecule is CNC1(C(F)F)CCCC(C)C1. The van der Waals surface area contributed by atoms with Crippen LogP contribution >= 0.6 is 0 Å². The number of alkyl halides is 2. The predicted octanol–water partition coefficient (Wildman–Crippen LogP) is 2.42. The minimum Gasteiger partial charge on any atom is -0.309 e. The first-order valence-electron chi connectivity index (χ1n) is 4.58. The molecule has 0 saturated heterocycles.